The third-order valence-corrected chi connectivity index (χ3v) is 8.29. The minimum absolute atomic E-state index is 0.0908. The Balaban J connectivity index is 1.48. The van der Waals surface area contributed by atoms with Crippen LogP contribution >= 0.6 is 34.5 Å². The van der Waals surface area contributed by atoms with E-state index in [9.17, 15) is 14.0 Å². The zero-order valence-electron chi connectivity index (χ0n) is 24.8. The Morgan fingerprint density at radius 1 is 0.977 bits per heavy atom. The van der Waals surface area contributed by atoms with Crippen molar-refractivity contribution in [2.75, 3.05) is 31.1 Å². The molecule has 9 nitrogen and oxygen atoms in total. The lowest BCUT2D eigenvalue weighted by molar-refractivity contribution is -0.153. The van der Waals surface area contributed by atoms with E-state index in [0.717, 1.165) is 11.3 Å². The number of amides is 1. The molecule has 0 unspecified atom stereocenters. The molecule has 0 spiro atoms. The molecular weight excluding hydrogens is 616 g/mol. The van der Waals surface area contributed by atoms with Gasteiger partial charge in [0.1, 0.15) is 34.2 Å². The van der Waals surface area contributed by atoms with Gasteiger partial charge >= 0.3 is 12.1 Å². The van der Waals surface area contributed by atoms with Crippen molar-refractivity contribution in [2.45, 2.75) is 59.2 Å². The zero-order valence-corrected chi connectivity index (χ0v) is 27.1. The number of hydrogen-bond acceptors (Lipinski definition) is 9. The lowest BCUT2D eigenvalue weighted by Crippen LogP contribution is -2.50. The predicted molar refractivity (Wildman–Crippen MR) is 168 cm³/mol. The lowest BCUT2D eigenvalue weighted by atomic mass is 10.0. The predicted octanol–water partition coefficient (Wildman–Crippen LogP) is 7.29. The van der Waals surface area contributed by atoms with Crippen LogP contribution in [-0.4, -0.2) is 69.3 Å². The second kappa shape index (κ2) is 11.7. The summed E-state index contributed by atoms with van der Waals surface area (Å²) in [6.45, 7) is 12.8. The van der Waals surface area contributed by atoms with Crippen LogP contribution in [-0.2, 0) is 20.7 Å². The van der Waals surface area contributed by atoms with Crippen LogP contribution in [0.3, 0.4) is 0 Å². The van der Waals surface area contributed by atoms with E-state index in [-0.39, 0.29) is 22.2 Å². The minimum atomic E-state index is -0.650. The summed E-state index contributed by atoms with van der Waals surface area (Å²) in [5.74, 6) is -0.275. The number of carbonyl (C=O) groups is 2. The quantitative estimate of drug-likeness (QED) is 0.213. The van der Waals surface area contributed by atoms with Gasteiger partial charge in [-0.1, -0.05) is 23.2 Å². The van der Waals surface area contributed by atoms with Gasteiger partial charge in [0, 0.05) is 42.7 Å². The Hall–Kier alpha value is -3.28. The van der Waals surface area contributed by atoms with Gasteiger partial charge in [-0.2, -0.15) is 0 Å². The van der Waals surface area contributed by atoms with Crippen molar-refractivity contribution in [3.63, 3.8) is 0 Å². The fourth-order valence-electron chi connectivity index (χ4n) is 4.84. The number of carbonyl (C=O) groups excluding carboxylic acids is 2. The molecule has 1 amide bonds. The average molecular weight is 649 g/mol. The van der Waals surface area contributed by atoms with E-state index in [1.54, 1.807) is 37.8 Å². The van der Waals surface area contributed by atoms with Crippen molar-refractivity contribution < 1.29 is 23.5 Å². The monoisotopic (exact) mass is 647 g/mol. The van der Waals surface area contributed by atoms with Gasteiger partial charge in [0.05, 0.1) is 32.2 Å². The highest BCUT2D eigenvalue weighted by Gasteiger charge is 2.28. The first-order valence-corrected chi connectivity index (χ1v) is 15.3. The number of nitrogens with zero attached hydrogens (tertiary/aromatic N) is 5. The first-order valence-electron chi connectivity index (χ1n) is 13.8. The number of halogens is 3. The number of hydrogen-bond donors (Lipinski definition) is 0. The Morgan fingerprint density at radius 2 is 1.65 bits per heavy atom. The molecule has 0 saturated carbocycles. The smallest absolute Gasteiger partial charge is 0.410 e. The molecule has 2 aromatic heterocycles. The Labute approximate surface area is 262 Å². The highest BCUT2D eigenvalue weighted by Crippen LogP contribution is 2.44. The lowest BCUT2D eigenvalue weighted by Gasteiger charge is -2.36. The van der Waals surface area contributed by atoms with E-state index in [0.29, 0.717) is 69.6 Å². The van der Waals surface area contributed by atoms with Crippen LogP contribution in [0, 0.1) is 5.82 Å². The standard InChI is InChI=1S/C30H32Cl2FN5O4S/c1-29(2,3)41-21(39)14-20-36-25-16(7-8-19(33)26(25)43-20)22-18(31)13-17-24(23(22)32)34-15-35-27(17)37-9-11-38(12-10-37)28(40)42-30(4,5)6/h7-8,13,15H,9-12,14H2,1-6H3. The largest absolute Gasteiger partial charge is 0.460 e. The summed E-state index contributed by atoms with van der Waals surface area (Å²) < 4.78 is 26.1. The van der Waals surface area contributed by atoms with Crippen molar-refractivity contribution in [2.24, 2.45) is 0 Å². The van der Waals surface area contributed by atoms with Crippen LogP contribution in [0.2, 0.25) is 10.0 Å². The Bertz CT molecular complexity index is 1730. The molecule has 3 heterocycles. The number of ether oxygens (including phenoxy) is 2. The van der Waals surface area contributed by atoms with E-state index in [1.165, 1.54) is 12.4 Å². The second-order valence-electron chi connectivity index (χ2n) is 12.2. The Morgan fingerprint density at radius 3 is 2.30 bits per heavy atom. The molecule has 4 aromatic rings. The number of piperazine rings is 1. The SMILES string of the molecule is CC(C)(C)OC(=O)Cc1nc2c(-c3c(Cl)cc4c(N5CCN(C(=O)OC(C)(C)C)CC5)ncnc4c3Cl)ccc(F)c2s1. The van der Waals surface area contributed by atoms with Crippen molar-refractivity contribution in [1.82, 2.24) is 19.9 Å². The minimum Gasteiger partial charge on any atom is -0.460 e. The van der Waals surface area contributed by atoms with E-state index in [4.69, 9.17) is 32.7 Å². The summed E-state index contributed by atoms with van der Waals surface area (Å²) in [6.07, 6.45) is 0.994. The molecule has 1 fully saturated rings. The molecule has 228 valence electrons. The molecule has 13 heteroatoms. The summed E-state index contributed by atoms with van der Waals surface area (Å²) in [4.78, 5) is 42.3. The van der Waals surface area contributed by atoms with Crippen LogP contribution in [0.15, 0.2) is 24.5 Å². The highest BCUT2D eigenvalue weighted by atomic mass is 35.5. The van der Waals surface area contributed by atoms with Gasteiger partial charge in [-0.05, 0) is 59.7 Å². The fourth-order valence-corrected chi connectivity index (χ4v) is 6.53. The molecule has 1 saturated heterocycles. The summed E-state index contributed by atoms with van der Waals surface area (Å²) in [5, 5.41) is 1.65. The van der Waals surface area contributed by atoms with Gasteiger partial charge in [0.2, 0.25) is 0 Å². The molecule has 0 bridgehead atoms. The number of aromatic nitrogens is 3. The van der Waals surface area contributed by atoms with Crippen LogP contribution in [0.1, 0.15) is 46.6 Å². The number of rotatable bonds is 4. The molecule has 1 aliphatic rings. The molecule has 0 radical (unpaired) electrons. The van der Waals surface area contributed by atoms with Crippen molar-refractivity contribution in [1.29, 1.82) is 0 Å². The number of anilines is 1. The van der Waals surface area contributed by atoms with Crippen molar-refractivity contribution in [3.05, 3.63) is 45.4 Å². The second-order valence-corrected chi connectivity index (χ2v) is 14.1. The van der Waals surface area contributed by atoms with Gasteiger partial charge in [0.25, 0.3) is 0 Å². The average Bonchev–Trinajstić information content (AvgIpc) is 3.32. The van der Waals surface area contributed by atoms with Crippen LogP contribution in [0.5, 0.6) is 0 Å². The summed E-state index contributed by atoms with van der Waals surface area (Å²) in [7, 11) is 0. The maximum atomic E-state index is 14.9. The van der Waals surface area contributed by atoms with Crippen LogP contribution < -0.4 is 4.90 Å². The first-order chi connectivity index (χ1) is 20.1. The zero-order chi connectivity index (χ0) is 31.3. The topological polar surface area (TPSA) is 97.8 Å². The molecule has 0 aliphatic carbocycles. The maximum absolute atomic E-state index is 14.9. The van der Waals surface area contributed by atoms with Crippen LogP contribution in [0.4, 0.5) is 15.0 Å². The van der Waals surface area contributed by atoms with E-state index < -0.39 is 23.0 Å². The van der Waals surface area contributed by atoms with Gasteiger partial charge < -0.3 is 19.3 Å². The summed E-state index contributed by atoms with van der Waals surface area (Å²) in [5.41, 5.74) is 0.571. The van der Waals surface area contributed by atoms with Crippen LogP contribution in [0.25, 0.3) is 32.2 Å². The van der Waals surface area contributed by atoms with Gasteiger partial charge in [-0.25, -0.2) is 24.1 Å². The summed E-state index contributed by atoms with van der Waals surface area (Å²) in [6, 6.07) is 4.65. The first kappa shape index (κ1) is 31.2. The summed E-state index contributed by atoms with van der Waals surface area (Å²) >= 11 is 14.9. The number of fused-ring (bicyclic) bond motifs is 2. The fraction of sp³-hybridized carbons (Fsp3) is 0.433. The van der Waals surface area contributed by atoms with E-state index in [1.807, 2.05) is 20.8 Å². The molecule has 43 heavy (non-hydrogen) atoms. The van der Waals surface area contributed by atoms with Crippen molar-refractivity contribution >= 4 is 73.5 Å². The van der Waals surface area contributed by atoms with Gasteiger partial charge in [-0.15, -0.1) is 11.3 Å². The maximum Gasteiger partial charge on any atom is 0.410 e. The number of esters is 1. The molecule has 5 rings (SSSR count). The third kappa shape index (κ3) is 6.78. The molecular formula is C30H32Cl2FN5O4S. The highest BCUT2D eigenvalue weighted by molar-refractivity contribution is 7.18. The molecule has 0 atom stereocenters. The van der Waals surface area contributed by atoms with Gasteiger partial charge in [0.15, 0.2) is 0 Å². The van der Waals surface area contributed by atoms with E-state index in [2.05, 4.69) is 19.9 Å². The number of thiazole rings is 1. The third-order valence-electron chi connectivity index (χ3n) is 6.56. The number of benzene rings is 2. The normalized spacial score (nSPS) is 14.4. The Kier molecular flexibility index (Phi) is 8.45. The van der Waals surface area contributed by atoms with Gasteiger partial charge in [-0.3, -0.25) is 4.79 Å². The molecule has 2 aromatic carbocycles. The van der Waals surface area contributed by atoms with E-state index >= 15 is 0 Å². The van der Waals surface area contributed by atoms with Crippen molar-refractivity contribution in [3.8, 4) is 11.1 Å². The molecule has 1 aliphatic heterocycles. The molecule has 0 N–H and O–H groups in total.